The number of amides is 2. The van der Waals surface area contributed by atoms with Crippen molar-refractivity contribution in [3.8, 4) is 0 Å². The van der Waals surface area contributed by atoms with E-state index in [2.05, 4.69) is 10.2 Å². The second-order valence-electron chi connectivity index (χ2n) is 14.0. The molecule has 0 N–H and O–H groups in total. The van der Waals surface area contributed by atoms with Crippen molar-refractivity contribution >= 4 is 17.7 Å². The maximum atomic E-state index is 14.6. The lowest BCUT2D eigenvalue weighted by atomic mass is 9.62. The molecule has 1 aromatic heterocycles. The summed E-state index contributed by atoms with van der Waals surface area (Å²) in [6.45, 7) is 7.50. The molecule has 45 heavy (non-hydrogen) atoms. The number of methoxy groups -OCH3 is 1. The molecule has 3 aromatic rings. The standard InChI is InChI=1S/C34H41F2N5O4/c1-32(2,3)45-31(43)41(33(4)11-8-12-33)18-21-13-25(28(35)36)27-19-40(29(42)26(27)14-21)23-10-7-9-22(15-23)34(16-24(17-34)44-6)30-38-37-20-39(30)5/h7,9-10,13-15,20,24,28H,8,11-12,16-19H2,1-6H3. The number of alkyl halides is 2. The first-order valence-electron chi connectivity index (χ1n) is 15.5. The topological polar surface area (TPSA) is 89.8 Å². The second kappa shape index (κ2) is 11.2. The van der Waals surface area contributed by atoms with Gasteiger partial charge >= 0.3 is 6.09 Å². The summed E-state index contributed by atoms with van der Waals surface area (Å²) in [5.74, 6) is 0.462. The third kappa shape index (κ3) is 5.49. The molecule has 11 heteroatoms. The van der Waals surface area contributed by atoms with Crippen LogP contribution in [0.15, 0.2) is 42.7 Å². The van der Waals surface area contributed by atoms with Gasteiger partial charge in [-0.3, -0.25) is 9.69 Å². The highest BCUT2D eigenvalue weighted by Gasteiger charge is 2.50. The van der Waals surface area contributed by atoms with Gasteiger partial charge in [-0.15, -0.1) is 10.2 Å². The average molecular weight is 622 g/mol. The average Bonchev–Trinajstić information content (AvgIpc) is 3.52. The van der Waals surface area contributed by atoms with Crippen molar-refractivity contribution in [2.24, 2.45) is 7.05 Å². The number of hydrogen-bond donors (Lipinski definition) is 0. The molecule has 0 bridgehead atoms. The molecule has 9 nitrogen and oxygen atoms in total. The monoisotopic (exact) mass is 621 g/mol. The fourth-order valence-electron chi connectivity index (χ4n) is 7.05. The molecule has 2 saturated carbocycles. The van der Waals surface area contributed by atoms with Gasteiger partial charge in [0.05, 0.1) is 18.1 Å². The molecule has 0 spiro atoms. The van der Waals surface area contributed by atoms with E-state index in [1.54, 1.807) is 50.1 Å². The minimum absolute atomic E-state index is 0.0305. The molecule has 1 aliphatic heterocycles. The molecule has 240 valence electrons. The zero-order chi connectivity index (χ0) is 32.3. The predicted octanol–water partition coefficient (Wildman–Crippen LogP) is 6.69. The third-order valence-corrected chi connectivity index (χ3v) is 9.74. The smallest absolute Gasteiger partial charge is 0.411 e. The maximum Gasteiger partial charge on any atom is 0.411 e. The first-order valence-corrected chi connectivity index (χ1v) is 15.5. The Morgan fingerprint density at radius 2 is 1.91 bits per heavy atom. The molecular weight excluding hydrogens is 580 g/mol. The summed E-state index contributed by atoms with van der Waals surface area (Å²) >= 11 is 0. The van der Waals surface area contributed by atoms with Crippen LogP contribution in [-0.2, 0) is 35.0 Å². The van der Waals surface area contributed by atoms with Crippen LogP contribution in [0.1, 0.15) is 105 Å². The van der Waals surface area contributed by atoms with E-state index in [0.717, 1.165) is 30.7 Å². The number of halogens is 2. The Bertz CT molecular complexity index is 1620. The lowest BCUT2D eigenvalue weighted by molar-refractivity contribution is -0.0238. The van der Waals surface area contributed by atoms with Crippen molar-refractivity contribution in [1.82, 2.24) is 19.7 Å². The number of carbonyl (C=O) groups is 2. The van der Waals surface area contributed by atoms with Gasteiger partial charge in [-0.2, -0.15) is 0 Å². The summed E-state index contributed by atoms with van der Waals surface area (Å²) in [7, 11) is 3.59. The first kappa shape index (κ1) is 31.1. The largest absolute Gasteiger partial charge is 0.444 e. The van der Waals surface area contributed by atoms with Crippen LogP contribution >= 0.6 is 0 Å². The Morgan fingerprint density at radius 1 is 1.18 bits per heavy atom. The summed E-state index contributed by atoms with van der Waals surface area (Å²) in [6.07, 6.45) is 2.44. The fourth-order valence-corrected chi connectivity index (χ4v) is 7.05. The number of carbonyl (C=O) groups excluding carboxylic acids is 2. The second-order valence-corrected chi connectivity index (χ2v) is 14.0. The number of benzene rings is 2. The van der Waals surface area contributed by atoms with Crippen molar-refractivity contribution in [3.05, 3.63) is 76.4 Å². The molecule has 2 aliphatic carbocycles. The number of hydrogen-bond acceptors (Lipinski definition) is 6. The van der Waals surface area contributed by atoms with E-state index in [4.69, 9.17) is 9.47 Å². The van der Waals surface area contributed by atoms with Crippen LogP contribution in [-0.4, -0.2) is 56.0 Å². The van der Waals surface area contributed by atoms with E-state index in [9.17, 15) is 18.4 Å². The SMILES string of the molecule is COC1CC(c2cccc(N3Cc4c(cc(CN(C(=O)OC(C)(C)C)C5(C)CCC5)cc4C(F)F)C3=O)c2)(c2nncn2C)C1. The fraction of sp³-hybridized carbons (Fsp3) is 0.529. The van der Waals surface area contributed by atoms with E-state index in [1.165, 1.54) is 6.07 Å². The molecule has 6 rings (SSSR count). The quantitative estimate of drug-likeness (QED) is 0.279. The highest BCUT2D eigenvalue weighted by atomic mass is 19.3. The molecule has 3 aliphatic rings. The molecule has 0 radical (unpaired) electrons. The first-order chi connectivity index (χ1) is 21.2. The molecule has 2 aromatic carbocycles. The minimum atomic E-state index is -2.79. The van der Waals surface area contributed by atoms with Gasteiger partial charge in [0.15, 0.2) is 0 Å². The van der Waals surface area contributed by atoms with Crippen molar-refractivity contribution in [2.45, 2.75) is 102 Å². The Labute approximate surface area is 262 Å². The molecule has 2 amide bonds. The maximum absolute atomic E-state index is 14.6. The van der Waals surface area contributed by atoms with Crippen LogP contribution in [0.3, 0.4) is 0 Å². The Hall–Kier alpha value is -3.86. The molecule has 0 atom stereocenters. The molecule has 2 fully saturated rings. The highest BCUT2D eigenvalue weighted by molar-refractivity contribution is 6.10. The Kier molecular flexibility index (Phi) is 7.74. The Balaban J connectivity index is 1.33. The summed E-state index contributed by atoms with van der Waals surface area (Å²) in [5.41, 5.74) is 0.841. The number of aryl methyl sites for hydroxylation is 1. The van der Waals surface area contributed by atoms with Crippen molar-refractivity contribution in [1.29, 1.82) is 0 Å². The number of fused-ring (bicyclic) bond motifs is 1. The van der Waals surface area contributed by atoms with Crippen LogP contribution < -0.4 is 4.90 Å². The van der Waals surface area contributed by atoms with Gasteiger partial charge in [0.2, 0.25) is 0 Å². The number of anilines is 1. The van der Waals surface area contributed by atoms with Gasteiger partial charge in [0.1, 0.15) is 17.8 Å². The van der Waals surface area contributed by atoms with Gasteiger partial charge < -0.3 is 18.9 Å². The van der Waals surface area contributed by atoms with E-state index in [-0.39, 0.29) is 36.2 Å². The van der Waals surface area contributed by atoms with Gasteiger partial charge in [-0.1, -0.05) is 12.1 Å². The number of ether oxygens (including phenoxy) is 2. The summed E-state index contributed by atoms with van der Waals surface area (Å²) in [5, 5.41) is 8.51. The van der Waals surface area contributed by atoms with E-state index < -0.39 is 29.1 Å². The van der Waals surface area contributed by atoms with Crippen LogP contribution in [0.2, 0.25) is 0 Å². The van der Waals surface area contributed by atoms with E-state index >= 15 is 0 Å². The van der Waals surface area contributed by atoms with Gasteiger partial charge in [0, 0.05) is 43.1 Å². The van der Waals surface area contributed by atoms with Crippen molar-refractivity contribution in [3.63, 3.8) is 0 Å². The van der Waals surface area contributed by atoms with Crippen LogP contribution in [0, 0.1) is 0 Å². The van der Waals surface area contributed by atoms with Crippen molar-refractivity contribution in [2.75, 3.05) is 12.0 Å². The number of nitrogens with zero attached hydrogens (tertiary/aromatic N) is 5. The summed E-state index contributed by atoms with van der Waals surface area (Å²) in [6, 6.07) is 10.8. The Morgan fingerprint density at radius 3 is 2.49 bits per heavy atom. The van der Waals surface area contributed by atoms with Gasteiger partial charge in [0.25, 0.3) is 12.3 Å². The van der Waals surface area contributed by atoms with Gasteiger partial charge in [-0.05, 0) is 101 Å². The molecule has 0 unspecified atom stereocenters. The van der Waals surface area contributed by atoms with Crippen LogP contribution in [0.5, 0.6) is 0 Å². The van der Waals surface area contributed by atoms with Crippen molar-refractivity contribution < 1.29 is 27.8 Å². The number of rotatable bonds is 8. The van der Waals surface area contributed by atoms with Gasteiger partial charge in [-0.25, -0.2) is 13.6 Å². The lowest BCUT2D eigenvalue weighted by Crippen LogP contribution is -2.54. The molecule has 0 saturated heterocycles. The van der Waals surface area contributed by atoms with E-state index in [1.807, 2.05) is 42.8 Å². The highest BCUT2D eigenvalue weighted by Crippen LogP contribution is 2.50. The lowest BCUT2D eigenvalue weighted by Gasteiger charge is -2.47. The predicted molar refractivity (Wildman–Crippen MR) is 164 cm³/mol. The minimum Gasteiger partial charge on any atom is -0.444 e. The zero-order valence-corrected chi connectivity index (χ0v) is 26.8. The molecule has 2 heterocycles. The molecular formula is C34H41F2N5O4. The van der Waals surface area contributed by atoms with Crippen LogP contribution in [0.4, 0.5) is 19.3 Å². The van der Waals surface area contributed by atoms with E-state index in [0.29, 0.717) is 29.7 Å². The zero-order valence-electron chi connectivity index (χ0n) is 26.8. The summed E-state index contributed by atoms with van der Waals surface area (Å²) in [4.78, 5) is 30.4. The van der Waals surface area contributed by atoms with Crippen LogP contribution in [0.25, 0.3) is 0 Å². The summed E-state index contributed by atoms with van der Waals surface area (Å²) < 4.78 is 42.3. The number of aromatic nitrogens is 3. The third-order valence-electron chi connectivity index (χ3n) is 9.74. The normalized spacial score (nSPS) is 22.2.